The summed E-state index contributed by atoms with van der Waals surface area (Å²) < 4.78 is 12.1. The molecule has 2 aromatic rings. The van der Waals surface area contributed by atoms with E-state index in [0.717, 1.165) is 27.8 Å². The van der Waals surface area contributed by atoms with Gasteiger partial charge in [0.15, 0.2) is 11.5 Å². The van der Waals surface area contributed by atoms with Crippen LogP contribution in [0.25, 0.3) is 10.6 Å². The third-order valence-electron chi connectivity index (χ3n) is 3.04. The normalized spacial score (nSPS) is 13.8. The SMILES string of the molecule is Cc1nc(-c2cc(Br)c3c(c2)OCCCO3)sc1C(=O)O. The van der Waals surface area contributed by atoms with E-state index in [2.05, 4.69) is 20.9 Å². The van der Waals surface area contributed by atoms with Crippen molar-refractivity contribution in [1.29, 1.82) is 0 Å². The molecule has 1 N–H and O–H groups in total. The summed E-state index contributed by atoms with van der Waals surface area (Å²) in [5.41, 5.74) is 1.33. The molecule has 3 rings (SSSR count). The number of ether oxygens (including phenoxy) is 2. The van der Waals surface area contributed by atoms with Crippen LogP contribution in [0, 0.1) is 6.92 Å². The fourth-order valence-electron chi connectivity index (χ4n) is 2.07. The summed E-state index contributed by atoms with van der Waals surface area (Å²) in [6.45, 7) is 2.91. The van der Waals surface area contributed by atoms with Crippen LogP contribution in [-0.2, 0) is 0 Å². The van der Waals surface area contributed by atoms with Crippen molar-refractivity contribution in [2.24, 2.45) is 0 Å². The third kappa shape index (κ3) is 2.75. The van der Waals surface area contributed by atoms with Crippen LogP contribution in [0.15, 0.2) is 16.6 Å². The predicted octanol–water partition coefficient (Wildman–Crippen LogP) is 3.74. The molecule has 0 aliphatic carbocycles. The molecule has 1 aromatic carbocycles. The Labute approximate surface area is 133 Å². The number of halogens is 1. The molecule has 0 amide bonds. The summed E-state index contributed by atoms with van der Waals surface area (Å²) >= 11 is 4.63. The third-order valence-corrected chi connectivity index (χ3v) is 4.82. The molecule has 0 atom stereocenters. The smallest absolute Gasteiger partial charge is 0.347 e. The number of thiazole rings is 1. The van der Waals surface area contributed by atoms with Crippen LogP contribution in [0.3, 0.4) is 0 Å². The van der Waals surface area contributed by atoms with Crippen LogP contribution < -0.4 is 9.47 Å². The van der Waals surface area contributed by atoms with Gasteiger partial charge < -0.3 is 14.6 Å². The van der Waals surface area contributed by atoms with E-state index < -0.39 is 5.97 Å². The van der Waals surface area contributed by atoms with Crippen LogP contribution in [0.2, 0.25) is 0 Å². The molecule has 1 aliphatic heterocycles. The van der Waals surface area contributed by atoms with Gasteiger partial charge in [-0.3, -0.25) is 0 Å². The number of fused-ring (bicyclic) bond motifs is 1. The van der Waals surface area contributed by atoms with Crippen LogP contribution in [0.4, 0.5) is 0 Å². The van der Waals surface area contributed by atoms with Gasteiger partial charge in [0, 0.05) is 12.0 Å². The molecule has 0 bridgehead atoms. The largest absolute Gasteiger partial charge is 0.489 e. The van der Waals surface area contributed by atoms with Crippen LogP contribution in [-0.4, -0.2) is 29.3 Å². The number of aromatic nitrogens is 1. The van der Waals surface area contributed by atoms with Gasteiger partial charge in [0.05, 0.1) is 23.4 Å². The van der Waals surface area contributed by atoms with Crippen molar-refractivity contribution in [3.05, 3.63) is 27.2 Å². The zero-order chi connectivity index (χ0) is 15.0. The molecular formula is C14H12BrNO4S. The van der Waals surface area contributed by atoms with Crippen molar-refractivity contribution < 1.29 is 19.4 Å². The molecule has 0 unspecified atom stereocenters. The van der Waals surface area contributed by atoms with Gasteiger partial charge in [-0.25, -0.2) is 9.78 Å². The van der Waals surface area contributed by atoms with Crippen molar-refractivity contribution in [3.8, 4) is 22.1 Å². The van der Waals surface area contributed by atoms with Gasteiger partial charge in [0.1, 0.15) is 9.88 Å². The Morgan fingerprint density at radius 2 is 2.14 bits per heavy atom. The van der Waals surface area contributed by atoms with Crippen molar-refractivity contribution in [2.45, 2.75) is 13.3 Å². The van der Waals surface area contributed by atoms with E-state index >= 15 is 0 Å². The highest BCUT2D eigenvalue weighted by Gasteiger charge is 2.19. The lowest BCUT2D eigenvalue weighted by atomic mass is 10.2. The quantitative estimate of drug-likeness (QED) is 0.872. The second-order valence-corrected chi connectivity index (χ2v) is 6.43. The molecule has 5 nitrogen and oxygen atoms in total. The second kappa shape index (κ2) is 5.65. The maximum absolute atomic E-state index is 11.1. The number of carbonyl (C=O) groups is 1. The second-order valence-electron chi connectivity index (χ2n) is 4.57. The minimum Gasteiger partial charge on any atom is -0.489 e. The van der Waals surface area contributed by atoms with Gasteiger partial charge in [-0.1, -0.05) is 0 Å². The number of hydrogen-bond donors (Lipinski definition) is 1. The number of rotatable bonds is 2. The minimum atomic E-state index is -0.954. The topological polar surface area (TPSA) is 68.7 Å². The highest BCUT2D eigenvalue weighted by molar-refractivity contribution is 9.10. The number of benzene rings is 1. The Bertz CT molecular complexity index is 713. The number of aryl methyl sites for hydroxylation is 1. The number of hydrogen-bond acceptors (Lipinski definition) is 5. The molecule has 0 saturated carbocycles. The fraction of sp³-hybridized carbons (Fsp3) is 0.286. The first-order chi connectivity index (χ1) is 10.1. The Hall–Kier alpha value is -1.60. The van der Waals surface area contributed by atoms with Crippen LogP contribution in [0.5, 0.6) is 11.5 Å². The van der Waals surface area contributed by atoms with Crippen molar-refractivity contribution in [3.63, 3.8) is 0 Å². The molecule has 110 valence electrons. The van der Waals surface area contributed by atoms with Gasteiger partial charge in [-0.05, 0) is 35.0 Å². The van der Waals surface area contributed by atoms with Gasteiger partial charge in [0.25, 0.3) is 0 Å². The van der Waals surface area contributed by atoms with Crippen molar-refractivity contribution in [2.75, 3.05) is 13.2 Å². The summed E-state index contributed by atoms with van der Waals surface area (Å²) in [7, 11) is 0. The summed E-state index contributed by atoms with van der Waals surface area (Å²) in [5, 5.41) is 9.78. The Morgan fingerprint density at radius 1 is 1.38 bits per heavy atom. The Kier molecular flexibility index (Phi) is 3.86. The first kappa shape index (κ1) is 14.3. The summed E-state index contributed by atoms with van der Waals surface area (Å²) in [5.74, 6) is 0.384. The van der Waals surface area contributed by atoms with Gasteiger partial charge in [-0.15, -0.1) is 11.3 Å². The average molecular weight is 370 g/mol. The molecule has 0 radical (unpaired) electrons. The van der Waals surface area contributed by atoms with Crippen molar-refractivity contribution in [1.82, 2.24) is 4.98 Å². The number of carboxylic acids is 1. The lowest BCUT2D eigenvalue weighted by Gasteiger charge is -2.10. The summed E-state index contributed by atoms with van der Waals surface area (Å²) in [6.07, 6.45) is 0.829. The predicted molar refractivity (Wildman–Crippen MR) is 82.6 cm³/mol. The zero-order valence-electron chi connectivity index (χ0n) is 11.2. The van der Waals surface area contributed by atoms with Gasteiger partial charge in [-0.2, -0.15) is 0 Å². The summed E-state index contributed by atoms with van der Waals surface area (Å²) in [6, 6.07) is 3.72. The molecule has 1 aromatic heterocycles. The lowest BCUT2D eigenvalue weighted by Crippen LogP contribution is -1.97. The van der Waals surface area contributed by atoms with E-state index in [4.69, 9.17) is 14.6 Å². The van der Waals surface area contributed by atoms with E-state index in [1.807, 2.05) is 12.1 Å². The maximum Gasteiger partial charge on any atom is 0.347 e. The highest BCUT2D eigenvalue weighted by atomic mass is 79.9. The lowest BCUT2D eigenvalue weighted by molar-refractivity contribution is 0.0701. The number of nitrogens with zero attached hydrogens (tertiary/aromatic N) is 1. The van der Waals surface area contributed by atoms with Crippen LogP contribution in [0.1, 0.15) is 21.8 Å². The fourth-order valence-corrected chi connectivity index (χ4v) is 3.52. The molecule has 0 fully saturated rings. The van der Waals surface area contributed by atoms with E-state index in [0.29, 0.717) is 35.4 Å². The average Bonchev–Trinajstić information content (AvgIpc) is 2.68. The number of carboxylic acid groups (broad SMARTS) is 1. The summed E-state index contributed by atoms with van der Waals surface area (Å²) in [4.78, 5) is 15.7. The molecule has 21 heavy (non-hydrogen) atoms. The first-order valence-corrected chi connectivity index (χ1v) is 7.97. The first-order valence-electron chi connectivity index (χ1n) is 6.36. The monoisotopic (exact) mass is 369 g/mol. The van der Waals surface area contributed by atoms with Gasteiger partial charge in [0.2, 0.25) is 0 Å². The van der Waals surface area contributed by atoms with E-state index in [1.54, 1.807) is 6.92 Å². The van der Waals surface area contributed by atoms with E-state index in [-0.39, 0.29) is 4.88 Å². The molecular weight excluding hydrogens is 358 g/mol. The molecule has 1 aliphatic rings. The number of aromatic carboxylic acids is 1. The highest BCUT2D eigenvalue weighted by Crippen LogP contribution is 2.42. The van der Waals surface area contributed by atoms with Crippen LogP contribution >= 0.6 is 27.3 Å². The minimum absolute atomic E-state index is 0.258. The molecule has 0 saturated heterocycles. The van der Waals surface area contributed by atoms with Crippen molar-refractivity contribution >= 4 is 33.2 Å². The van der Waals surface area contributed by atoms with E-state index in [1.165, 1.54) is 0 Å². The Balaban J connectivity index is 2.07. The molecule has 7 heteroatoms. The van der Waals surface area contributed by atoms with E-state index in [9.17, 15) is 4.79 Å². The molecule has 2 heterocycles. The molecule has 0 spiro atoms. The maximum atomic E-state index is 11.1. The zero-order valence-corrected chi connectivity index (χ0v) is 13.6. The van der Waals surface area contributed by atoms with Gasteiger partial charge >= 0.3 is 5.97 Å². The standard InChI is InChI=1S/C14H12BrNO4S/c1-7-12(14(17)18)21-13(16-7)8-5-9(15)11-10(6-8)19-3-2-4-20-11/h5-6H,2-4H2,1H3,(H,17,18). The Morgan fingerprint density at radius 3 is 2.86 bits per heavy atom.